The molecule has 1 fully saturated rings. The third kappa shape index (κ3) is 1.15. The zero-order valence-corrected chi connectivity index (χ0v) is 6.99. The molecule has 1 aromatic carbocycles. The molecule has 1 aromatic rings. The highest BCUT2D eigenvalue weighted by molar-refractivity contribution is 5.55. The van der Waals surface area contributed by atoms with Gasteiger partial charge in [0.1, 0.15) is 6.29 Å². The molecule has 1 nitrogen and oxygen atoms in total. The van der Waals surface area contributed by atoms with Crippen molar-refractivity contribution in [3.63, 3.8) is 0 Å². The number of carbonyl (C=O) groups excluding carboxylic acids is 1. The molecule has 0 heterocycles. The zero-order valence-electron chi connectivity index (χ0n) is 6.99. The van der Waals surface area contributed by atoms with Crippen molar-refractivity contribution in [2.24, 2.45) is 0 Å². The Kier molecular flexibility index (Phi) is 1.72. The Labute approximate surface area is 72.4 Å². The van der Waals surface area contributed by atoms with Crippen molar-refractivity contribution in [3.05, 3.63) is 35.9 Å². The van der Waals surface area contributed by atoms with Crippen molar-refractivity contribution in [2.45, 2.75) is 24.7 Å². The quantitative estimate of drug-likeness (QED) is 0.620. The van der Waals surface area contributed by atoms with Gasteiger partial charge in [-0.25, -0.2) is 0 Å². The lowest BCUT2D eigenvalue weighted by Crippen LogP contribution is -2.06. The van der Waals surface area contributed by atoms with E-state index in [0.717, 1.165) is 6.29 Å². The molecule has 2 rings (SSSR count). The van der Waals surface area contributed by atoms with E-state index in [1.165, 1.54) is 18.4 Å². The highest BCUT2D eigenvalue weighted by Crippen LogP contribution is 2.50. The van der Waals surface area contributed by atoms with E-state index in [2.05, 4.69) is 12.1 Å². The maximum Gasteiger partial charge on any atom is 0.120 e. The minimum atomic E-state index is 0.225. The van der Waals surface area contributed by atoms with Gasteiger partial charge in [-0.05, 0) is 18.4 Å². The molecular weight excluding hydrogens is 148 g/mol. The first-order valence-corrected chi connectivity index (χ1v) is 4.37. The molecule has 0 spiro atoms. The summed E-state index contributed by atoms with van der Waals surface area (Å²) < 4.78 is 0. The lowest BCUT2D eigenvalue weighted by atomic mass is 9.93. The highest BCUT2D eigenvalue weighted by Gasteiger charge is 2.43. The number of rotatable bonds is 3. The van der Waals surface area contributed by atoms with E-state index in [9.17, 15) is 4.79 Å². The Morgan fingerprint density at radius 1 is 1.25 bits per heavy atom. The average Bonchev–Trinajstić information content (AvgIpc) is 2.88. The van der Waals surface area contributed by atoms with E-state index in [4.69, 9.17) is 0 Å². The summed E-state index contributed by atoms with van der Waals surface area (Å²) >= 11 is 0. The molecule has 0 aliphatic heterocycles. The molecule has 1 heteroatoms. The maximum absolute atomic E-state index is 10.4. The van der Waals surface area contributed by atoms with Crippen molar-refractivity contribution in [1.82, 2.24) is 0 Å². The Morgan fingerprint density at radius 2 is 1.92 bits per heavy atom. The zero-order chi connectivity index (χ0) is 8.44. The second-order valence-electron chi connectivity index (χ2n) is 3.52. The monoisotopic (exact) mass is 160 g/mol. The van der Waals surface area contributed by atoms with E-state index in [1.54, 1.807) is 0 Å². The summed E-state index contributed by atoms with van der Waals surface area (Å²) in [6, 6.07) is 10.3. The second kappa shape index (κ2) is 2.74. The summed E-state index contributed by atoms with van der Waals surface area (Å²) in [5, 5.41) is 0. The van der Waals surface area contributed by atoms with Gasteiger partial charge in [-0.15, -0.1) is 0 Å². The summed E-state index contributed by atoms with van der Waals surface area (Å²) in [7, 11) is 0. The summed E-state index contributed by atoms with van der Waals surface area (Å²) in [5.41, 5.74) is 1.56. The van der Waals surface area contributed by atoms with Crippen LogP contribution in [0.5, 0.6) is 0 Å². The number of carbonyl (C=O) groups is 1. The first kappa shape index (κ1) is 7.53. The van der Waals surface area contributed by atoms with Crippen LogP contribution in [0.2, 0.25) is 0 Å². The molecule has 0 saturated heterocycles. The van der Waals surface area contributed by atoms with Gasteiger partial charge in [0.25, 0.3) is 0 Å². The second-order valence-corrected chi connectivity index (χ2v) is 3.52. The molecule has 0 atom stereocenters. The highest BCUT2D eigenvalue weighted by atomic mass is 16.1. The average molecular weight is 160 g/mol. The molecule has 0 N–H and O–H groups in total. The van der Waals surface area contributed by atoms with Crippen molar-refractivity contribution in [1.29, 1.82) is 0 Å². The smallest absolute Gasteiger partial charge is 0.120 e. The normalized spacial score (nSPS) is 18.7. The Balaban J connectivity index is 2.25. The van der Waals surface area contributed by atoms with Gasteiger partial charge < -0.3 is 4.79 Å². The molecule has 1 saturated carbocycles. The first-order valence-electron chi connectivity index (χ1n) is 4.37. The number of aldehydes is 1. The number of hydrogen-bond donors (Lipinski definition) is 0. The standard InChI is InChI=1S/C11H12O/c12-9-8-11(6-7-11)10-4-2-1-3-5-10/h1-5,9H,6-8H2. The Hall–Kier alpha value is -1.11. The lowest BCUT2D eigenvalue weighted by Gasteiger charge is -2.10. The van der Waals surface area contributed by atoms with Crippen LogP contribution in [-0.4, -0.2) is 6.29 Å². The predicted molar refractivity (Wildman–Crippen MR) is 48.0 cm³/mol. The Bertz CT molecular complexity index is 272. The fraction of sp³-hybridized carbons (Fsp3) is 0.364. The van der Waals surface area contributed by atoms with Crippen LogP contribution in [0.1, 0.15) is 24.8 Å². The molecule has 0 bridgehead atoms. The van der Waals surface area contributed by atoms with Crippen molar-refractivity contribution in [3.8, 4) is 0 Å². The van der Waals surface area contributed by atoms with E-state index in [1.807, 2.05) is 18.2 Å². The molecule has 0 amide bonds. The van der Waals surface area contributed by atoms with Crippen molar-refractivity contribution < 1.29 is 4.79 Å². The van der Waals surface area contributed by atoms with Crippen LogP contribution in [0.15, 0.2) is 30.3 Å². The molecule has 62 valence electrons. The maximum atomic E-state index is 10.4. The van der Waals surface area contributed by atoms with Crippen LogP contribution in [0.4, 0.5) is 0 Å². The van der Waals surface area contributed by atoms with Crippen molar-refractivity contribution in [2.75, 3.05) is 0 Å². The largest absolute Gasteiger partial charge is 0.303 e. The molecule has 0 unspecified atom stereocenters. The van der Waals surface area contributed by atoms with Gasteiger partial charge in [0.05, 0.1) is 0 Å². The summed E-state index contributed by atoms with van der Waals surface area (Å²) in [5.74, 6) is 0. The van der Waals surface area contributed by atoms with Gasteiger partial charge in [0, 0.05) is 11.8 Å². The van der Waals surface area contributed by atoms with E-state index in [-0.39, 0.29) is 5.41 Å². The van der Waals surface area contributed by atoms with Gasteiger partial charge in [0.15, 0.2) is 0 Å². The van der Waals surface area contributed by atoms with Crippen LogP contribution < -0.4 is 0 Å². The molecule has 1 aliphatic carbocycles. The summed E-state index contributed by atoms with van der Waals surface area (Å²) in [6.45, 7) is 0. The molecule has 0 radical (unpaired) electrons. The van der Waals surface area contributed by atoms with E-state index < -0.39 is 0 Å². The number of hydrogen-bond acceptors (Lipinski definition) is 1. The van der Waals surface area contributed by atoms with Gasteiger partial charge in [-0.1, -0.05) is 30.3 Å². The fourth-order valence-electron chi connectivity index (χ4n) is 1.71. The molecular formula is C11H12O. The lowest BCUT2D eigenvalue weighted by molar-refractivity contribution is -0.108. The van der Waals surface area contributed by atoms with Crippen LogP contribution in [0.3, 0.4) is 0 Å². The van der Waals surface area contributed by atoms with Gasteiger partial charge >= 0.3 is 0 Å². The minimum Gasteiger partial charge on any atom is -0.303 e. The first-order chi connectivity index (χ1) is 5.87. The summed E-state index contributed by atoms with van der Waals surface area (Å²) in [6.07, 6.45) is 4.09. The molecule has 12 heavy (non-hydrogen) atoms. The SMILES string of the molecule is O=CCC1(c2ccccc2)CC1. The van der Waals surface area contributed by atoms with Crippen molar-refractivity contribution >= 4 is 6.29 Å². The van der Waals surface area contributed by atoms with Gasteiger partial charge in [-0.2, -0.15) is 0 Å². The van der Waals surface area contributed by atoms with E-state index >= 15 is 0 Å². The minimum absolute atomic E-state index is 0.225. The molecule has 1 aliphatic rings. The van der Waals surface area contributed by atoms with Gasteiger partial charge in [0.2, 0.25) is 0 Å². The number of benzene rings is 1. The van der Waals surface area contributed by atoms with Crippen LogP contribution in [0, 0.1) is 0 Å². The molecule has 0 aromatic heterocycles. The Morgan fingerprint density at radius 3 is 2.42 bits per heavy atom. The third-order valence-electron chi connectivity index (χ3n) is 2.71. The predicted octanol–water partition coefficient (Wildman–Crippen LogP) is 2.31. The van der Waals surface area contributed by atoms with Crippen LogP contribution in [0.25, 0.3) is 0 Å². The van der Waals surface area contributed by atoms with Crippen LogP contribution >= 0.6 is 0 Å². The fourth-order valence-corrected chi connectivity index (χ4v) is 1.71. The van der Waals surface area contributed by atoms with Crippen LogP contribution in [-0.2, 0) is 10.2 Å². The van der Waals surface area contributed by atoms with E-state index in [0.29, 0.717) is 6.42 Å². The third-order valence-corrected chi connectivity index (χ3v) is 2.71. The summed E-state index contributed by atoms with van der Waals surface area (Å²) in [4.78, 5) is 10.4. The van der Waals surface area contributed by atoms with Gasteiger partial charge in [-0.3, -0.25) is 0 Å². The topological polar surface area (TPSA) is 17.1 Å².